The van der Waals surface area contributed by atoms with Crippen LogP contribution in [0, 0.1) is 0 Å². The summed E-state index contributed by atoms with van der Waals surface area (Å²) in [5.41, 5.74) is 0.402. The fraction of sp³-hybridized carbons (Fsp3) is 0.524. The molecular formula is C21H26ClN5O3. The van der Waals surface area contributed by atoms with Gasteiger partial charge in [-0.05, 0) is 50.8 Å². The van der Waals surface area contributed by atoms with Crippen molar-refractivity contribution < 1.29 is 14.3 Å². The Morgan fingerprint density at radius 1 is 1.13 bits per heavy atom. The second-order valence-corrected chi connectivity index (χ2v) is 8.29. The Hall–Kier alpha value is -2.61. The molecule has 1 aromatic carbocycles. The highest BCUT2D eigenvalue weighted by molar-refractivity contribution is 6.30. The lowest BCUT2D eigenvalue weighted by Gasteiger charge is -2.33. The van der Waals surface area contributed by atoms with E-state index in [4.69, 9.17) is 16.3 Å². The van der Waals surface area contributed by atoms with Gasteiger partial charge in [-0.15, -0.1) is 5.10 Å². The van der Waals surface area contributed by atoms with Gasteiger partial charge in [-0.2, -0.15) is 0 Å². The van der Waals surface area contributed by atoms with E-state index in [-0.39, 0.29) is 17.9 Å². The highest BCUT2D eigenvalue weighted by Gasteiger charge is 2.29. The zero-order valence-corrected chi connectivity index (χ0v) is 17.8. The number of aromatic nitrogens is 3. The number of hydrogen-bond donors (Lipinski definition) is 0. The minimum Gasteiger partial charge on any atom is -0.481 e. The molecule has 4 rings (SSSR count). The minimum atomic E-state index is -0.587. The molecular weight excluding hydrogens is 406 g/mol. The quantitative estimate of drug-likeness (QED) is 0.727. The summed E-state index contributed by atoms with van der Waals surface area (Å²) < 4.78 is 7.53. The third kappa shape index (κ3) is 4.59. The minimum absolute atomic E-state index is 0.0432. The van der Waals surface area contributed by atoms with Gasteiger partial charge in [0.25, 0.3) is 11.8 Å². The van der Waals surface area contributed by atoms with Crippen LogP contribution in [0.4, 0.5) is 0 Å². The molecule has 9 heteroatoms. The highest BCUT2D eigenvalue weighted by Crippen LogP contribution is 2.24. The first-order valence-corrected chi connectivity index (χ1v) is 10.8. The van der Waals surface area contributed by atoms with Crippen molar-refractivity contribution in [1.82, 2.24) is 24.8 Å². The largest absolute Gasteiger partial charge is 0.481 e. The number of nitrogens with zero attached hydrogens (tertiary/aromatic N) is 5. The molecule has 2 aliphatic rings. The molecule has 1 aromatic heterocycles. The molecule has 0 N–H and O–H groups in total. The summed E-state index contributed by atoms with van der Waals surface area (Å²) in [5.74, 6) is 0.492. The van der Waals surface area contributed by atoms with Crippen LogP contribution in [-0.2, 0) is 4.79 Å². The van der Waals surface area contributed by atoms with E-state index in [2.05, 4.69) is 10.3 Å². The maximum absolute atomic E-state index is 12.8. The van der Waals surface area contributed by atoms with Crippen molar-refractivity contribution in [3.05, 3.63) is 41.2 Å². The van der Waals surface area contributed by atoms with Crippen LogP contribution >= 0.6 is 11.6 Å². The molecule has 1 unspecified atom stereocenters. The number of halogens is 1. The normalized spacial score (nSPS) is 18.5. The maximum atomic E-state index is 12.8. The number of piperidine rings is 1. The molecule has 30 heavy (non-hydrogen) atoms. The number of amides is 2. The molecule has 0 radical (unpaired) electrons. The average Bonchev–Trinajstić information content (AvgIpc) is 3.45. The van der Waals surface area contributed by atoms with E-state index in [0.29, 0.717) is 29.6 Å². The smallest absolute Gasteiger partial charge is 0.276 e. The van der Waals surface area contributed by atoms with Crippen LogP contribution in [-0.4, -0.2) is 68.9 Å². The van der Waals surface area contributed by atoms with Crippen molar-refractivity contribution in [2.45, 2.75) is 44.8 Å². The van der Waals surface area contributed by atoms with Crippen molar-refractivity contribution in [2.24, 2.45) is 0 Å². The van der Waals surface area contributed by atoms with Gasteiger partial charge in [-0.25, -0.2) is 4.68 Å². The topological polar surface area (TPSA) is 80.6 Å². The number of ether oxygens (including phenoxy) is 1. The first-order valence-electron chi connectivity index (χ1n) is 10.4. The van der Waals surface area contributed by atoms with Crippen molar-refractivity contribution in [3.8, 4) is 5.75 Å². The fourth-order valence-electron chi connectivity index (χ4n) is 4.04. The van der Waals surface area contributed by atoms with Crippen LogP contribution in [0.15, 0.2) is 30.5 Å². The zero-order valence-electron chi connectivity index (χ0n) is 17.0. The van der Waals surface area contributed by atoms with Gasteiger partial charge in [0.1, 0.15) is 5.75 Å². The Labute approximate surface area is 180 Å². The molecule has 0 spiro atoms. The van der Waals surface area contributed by atoms with Gasteiger partial charge in [0.2, 0.25) is 0 Å². The lowest BCUT2D eigenvalue weighted by molar-refractivity contribution is -0.139. The summed E-state index contributed by atoms with van der Waals surface area (Å²) in [6, 6.07) is 7.17. The summed E-state index contributed by atoms with van der Waals surface area (Å²) >= 11 is 5.98. The molecule has 2 aliphatic heterocycles. The van der Waals surface area contributed by atoms with Crippen molar-refractivity contribution in [2.75, 3.05) is 26.2 Å². The van der Waals surface area contributed by atoms with Crippen LogP contribution in [0.2, 0.25) is 5.02 Å². The Bertz CT molecular complexity index is 904. The number of benzene rings is 1. The third-order valence-electron chi connectivity index (χ3n) is 5.73. The van der Waals surface area contributed by atoms with Gasteiger partial charge >= 0.3 is 0 Å². The monoisotopic (exact) mass is 431 g/mol. The van der Waals surface area contributed by atoms with Crippen LogP contribution in [0.25, 0.3) is 0 Å². The van der Waals surface area contributed by atoms with Crippen molar-refractivity contribution in [1.29, 1.82) is 0 Å². The highest BCUT2D eigenvalue weighted by atomic mass is 35.5. The Balaban J connectivity index is 1.30. The maximum Gasteiger partial charge on any atom is 0.276 e. The van der Waals surface area contributed by atoms with Gasteiger partial charge in [0.05, 0.1) is 12.2 Å². The Morgan fingerprint density at radius 3 is 2.57 bits per heavy atom. The average molecular weight is 432 g/mol. The zero-order chi connectivity index (χ0) is 21.1. The van der Waals surface area contributed by atoms with Gasteiger partial charge in [-0.1, -0.05) is 22.9 Å². The Kier molecular flexibility index (Phi) is 6.22. The molecule has 1 atom stereocenters. The predicted octanol–water partition coefficient (Wildman–Crippen LogP) is 2.80. The summed E-state index contributed by atoms with van der Waals surface area (Å²) in [6.07, 6.45) is 4.77. The molecule has 2 fully saturated rings. The van der Waals surface area contributed by atoms with Gasteiger partial charge in [-0.3, -0.25) is 9.59 Å². The second kappa shape index (κ2) is 9.04. The summed E-state index contributed by atoms with van der Waals surface area (Å²) in [4.78, 5) is 28.9. The SMILES string of the molecule is CC(Oc1cccc(Cl)c1)C(=O)N1CCC(n2cc(C(=O)N3CCCC3)nn2)CC1. The molecule has 3 heterocycles. The molecule has 2 aromatic rings. The first kappa shape index (κ1) is 20.7. The van der Waals surface area contributed by atoms with E-state index >= 15 is 0 Å². The summed E-state index contributed by atoms with van der Waals surface area (Å²) in [5, 5.41) is 8.84. The van der Waals surface area contributed by atoms with E-state index in [1.54, 1.807) is 42.1 Å². The summed E-state index contributed by atoms with van der Waals surface area (Å²) in [6.45, 7) is 4.57. The molecule has 2 amide bonds. The van der Waals surface area contributed by atoms with Crippen LogP contribution in [0.3, 0.4) is 0 Å². The van der Waals surface area contributed by atoms with Gasteiger partial charge < -0.3 is 14.5 Å². The predicted molar refractivity (Wildman–Crippen MR) is 112 cm³/mol. The fourth-order valence-corrected chi connectivity index (χ4v) is 4.22. The Morgan fingerprint density at radius 2 is 1.87 bits per heavy atom. The van der Waals surface area contributed by atoms with E-state index in [1.807, 2.05) is 9.80 Å². The van der Waals surface area contributed by atoms with E-state index in [1.165, 1.54) is 0 Å². The molecule has 0 saturated carbocycles. The number of hydrogen-bond acceptors (Lipinski definition) is 5. The third-order valence-corrected chi connectivity index (χ3v) is 5.96. The van der Waals surface area contributed by atoms with E-state index < -0.39 is 6.10 Å². The number of carbonyl (C=O) groups is 2. The number of carbonyl (C=O) groups excluding carboxylic acids is 2. The molecule has 160 valence electrons. The second-order valence-electron chi connectivity index (χ2n) is 7.86. The van der Waals surface area contributed by atoms with Gasteiger partial charge in [0, 0.05) is 31.2 Å². The van der Waals surface area contributed by atoms with Crippen molar-refractivity contribution >= 4 is 23.4 Å². The van der Waals surface area contributed by atoms with E-state index in [0.717, 1.165) is 38.8 Å². The first-order chi connectivity index (χ1) is 14.5. The van der Waals surface area contributed by atoms with Crippen LogP contribution < -0.4 is 4.74 Å². The lowest BCUT2D eigenvalue weighted by Crippen LogP contribution is -2.45. The van der Waals surface area contributed by atoms with Crippen LogP contribution in [0.5, 0.6) is 5.75 Å². The van der Waals surface area contributed by atoms with Crippen LogP contribution in [0.1, 0.15) is 49.1 Å². The lowest BCUT2D eigenvalue weighted by atomic mass is 10.0. The standard InChI is InChI=1S/C21H26ClN5O3/c1-15(30-18-6-4-5-16(22)13-18)20(28)26-11-7-17(8-12-26)27-14-19(23-24-27)21(29)25-9-2-3-10-25/h4-6,13-15,17H,2-3,7-12H2,1H3. The molecule has 0 bridgehead atoms. The number of rotatable bonds is 5. The molecule has 0 aliphatic carbocycles. The van der Waals surface area contributed by atoms with E-state index in [9.17, 15) is 9.59 Å². The molecule has 8 nitrogen and oxygen atoms in total. The molecule has 2 saturated heterocycles. The van der Waals surface area contributed by atoms with Gasteiger partial charge in [0.15, 0.2) is 11.8 Å². The summed E-state index contributed by atoms with van der Waals surface area (Å²) in [7, 11) is 0. The van der Waals surface area contributed by atoms with Crippen molar-refractivity contribution in [3.63, 3.8) is 0 Å². The number of likely N-dealkylation sites (tertiary alicyclic amines) is 2.